The van der Waals surface area contributed by atoms with Crippen molar-refractivity contribution in [3.05, 3.63) is 38.2 Å². The minimum absolute atomic E-state index is 0.164. The molecule has 0 amide bonds. The van der Waals surface area contributed by atoms with E-state index in [1.807, 2.05) is 0 Å². The van der Waals surface area contributed by atoms with Gasteiger partial charge in [0, 0.05) is 18.6 Å². The Kier molecular flexibility index (Phi) is 3.32. The van der Waals surface area contributed by atoms with Gasteiger partial charge in [0.25, 0.3) is 0 Å². The van der Waals surface area contributed by atoms with Crippen LogP contribution in [0, 0.1) is 13.7 Å². The van der Waals surface area contributed by atoms with Crippen molar-refractivity contribution < 1.29 is 14.1 Å². The maximum absolute atomic E-state index is 11.3. The summed E-state index contributed by atoms with van der Waals surface area (Å²) in [4.78, 5) is 10.8. The van der Waals surface area contributed by atoms with Crippen molar-refractivity contribution in [3.8, 4) is 17.1 Å². The van der Waals surface area contributed by atoms with Crippen LogP contribution in [0.2, 0.25) is 0 Å². The van der Waals surface area contributed by atoms with Crippen LogP contribution in [0.5, 0.6) is 5.75 Å². The summed E-state index contributed by atoms with van der Waals surface area (Å²) >= 11 is 2.12. The number of fused-ring (bicyclic) bond motifs is 1. The largest absolute Gasteiger partial charge is 0.490 e. The van der Waals surface area contributed by atoms with E-state index in [0.29, 0.717) is 11.1 Å². The minimum Gasteiger partial charge on any atom is -0.490 e. The number of aromatic nitrogens is 2. The second kappa shape index (κ2) is 5.02. The summed E-state index contributed by atoms with van der Waals surface area (Å²) in [6, 6.07) is 3.33. The normalized spacial score (nSPS) is 11.0. The van der Waals surface area contributed by atoms with Crippen LogP contribution in [0.15, 0.2) is 28.9 Å². The van der Waals surface area contributed by atoms with E-state index < -0.39 is 4.92 Å². The SMILES string of the molecule is COc1ccc2c(I)c(-c3cnn(C)c3)oc2c1[N+](=O)[O-]. The summed E-state index contributed by atoms with van der Waals surface area (Å²) in [7, 11) is 3.19. The zero-order valence-corrected chi connectivity index (χ0v) is 13.3. The summed E-state index contributed by atoms with van der Waals surface area (Å²) in [5.74, 6) is 0.741. The van der Waals surface area contributed by atoms with E-state index in [9.17, 15) is 10.1 Å². The summed E-state index contributed by atoms with van der Waals surface area (Å²) in [5.41, 5.74) is 0.817. The third kappa shape index (κ3) is 2.15. The van der Waals surface area contributed by atoms with E-state index in [-0.39, 0.29) is 17.0 Å². The number of hydrogen-bond acceptors (Lipinski definition) is 5. The summed E-state index contributed by atoms with van der Waals surface area (Å²) in [6.45, 7) is 0. The van der Waals surface area contributed by atoms with Gasteiger partial charge in [-0.2, -0.15) is 5.10 Å². The first-order valence-corrected chi connectivity index (χ1v) is 7.03. The van der Waals surface area contributed by atoms with Crippen LogP contribution in [-0.4, -0.2) is 21.8 Å². The van der Waals surface area contributed by atoms with Gasteiger partial charge < -0.3 is 9.15 Å². The first-order valence-electron chi connectivity index (χ1n) is 5.95. The van der Waals surface area contributed by atoms with Crippen molar-refractivity contribution in [2.45, 2.75) is 0 Å². The van der Waals surface area contributed by atoms with E-state index in [0.717, 1.165) is 9.13 Å². The van der Waals surface area contributed by atoms with Crippen LogP contribution >= 0.6 is 22.6 Å². The highest BCUT2D eigenvalue weighted by Crippen LogP contribution is 2.42. The fourth-order valence-electron chi connectivity index (χ4n) is 2.16. The number of nitrogens with zero attached hydrogens (tertiary/aromatic N) is 3. The maximum atomic E-state index is 11.3. The monoisotopic (exact) mass is 399 g/mol. The number of aryl methyl sites for hydroxylation is 1. The van der Waals surface area contributed by atoms with Crippen molar-refractivity contribution in [2.24, 2.45) is 7.05 Å². The number of nitro benzene ring substituents is 1. The number of furan rings is 1. The topological polar surface area (TPSA) is 83.3 Å². The average molecular weight is 399 g/mol. The summed E-state index contributed by atoms with van der Waals surface area (Å²) in [5, 5.41) is 16.1. The molecule has 0 unspecified atom stereocenters. The van der Waals surface area contributed by atoms with Crippen LogP contribution in [-0.2, 0) is 7.05 Å². The minimum atomic E-state index is -0.492. The lowest BCUT2D eigenvalue weighted by molar-refractivity contribution is -0.384. The van der Waals surface area contributed by atoms with Gasteiger partial charge in [0.05, 0.1) is 27.4 Å². The Balaban J connectivity index is 2.33. The second-order valence-electron chi connectivity index (χ2n) is 4.40. The van der Waals surface area contributed by atoms with Gasteiger partial charge >= 0.3 is 5.69 Å². The number of benzene rings is 1. The molecule has 0 fully saturated rings. The number of nitro groups is 1. The molecule has 0 saturated heterocycles. The predicted octanol–water partition coefficient (Wildman–Crippen LogP) is 3.35. The second-order valence-corrected chi connectivity index (χ2v) is 5.48. The quantitative estimate of drug-likeness (QED) is 0.383. The lowest BCUT2D eigenvalue weighted by atomic mass is 10.2. The summed E-state index contributed by atoms with van der Waals surface area (Å²) < 4.78 is 13.3. The van der Waals surface area contributed by atoms with E-state index >= 15 is 0 Å². The lowest BCUT2D eigenvalue weighted by Gasteiger charge is -2.00. The van der Waals surface area contributed by atoms with E-state index in [1.165, 1.54) is 7.11 Å². The Morgan fingerprint density at radius 1 is 1.48 bits per heavy atom. The molecule has 3 rings (SSSR count). The standard InChI is InChI=1S/C13H10IN3O4/c1-16-6-7(5-15-16)12-10(14)8-3-4-9(20-2)11(17(18)19)13(8)21-12/h3-6H,1-2H3. The molecule has 7 nitrogen and oxygen atoms in total. The molecule has 0 saturated carbocycles. The van der Waals surface area contributed by atoms with Gasteiger partial charge in [-0.05, 0) is 34.7 Å². The number of methoxy groups -OCH3 is 1. The fourth-order valence-corrected chi connectivity index (χ4v) is 3.01. The van der Waals surface area contributed by atoms with Gasteiger partial charge in [-0.15, -0.1) is 0 Å². The first-order chi connectivity index (χ1) is 10.0. The first kappa shape index (κ1) is 13.9. The molecule has 8 heteroatoms. The summed E-state index contributed by atoms with van der Waals surface area (Å²) in [6.07, 6.45) is 3.45. The maximum Gasteiger partial charge on any atom is 0.353 e. The van der Waals surface area contributed by atoms with Gasteiger partial charge in [-0.3, -0.25) is 14.8 Å². The number of hydrogen-bond donors (Lipinski definition) is 0. The predicted molar refractivity (Wildman–Crippen MR) is 84.3 cm³/mol. The smallest absolute Gasteiger partial charge is 0.353 e. The van der Waals surface area contributed by atoms with Gasteiger partial charge in [0.1, 0.15) is 0 Å². The lowest BCUT2D eigenvalue weighted by Crippen LogP contribution is -1.93. The third-order valence-electron chi connectivity index (χ3n) is 3.10. The Hall–Kier alpha value is -2.10. The zero-order chi connectivity index (χ0) is 15.1. The number of halogens is 1. The van der Waals surface area contributed by atoms with Gasteiger partial charge in [0.15, 0.2) is 5.76 Å². The molecular weight excluding hydrogens is 389 g/mol. The molecule has 21 heavy (non-hydrogen) atoms. The molecule has 0 atom stereocenters. The molecule has 0 aliphatic rings. The Bertz CT molecular complexity index is 853. The molecule has 1 aromatic carbocycles. The Labute approximate surface area is 132 Å². The number of ether oxygens (including phenoxy) is 1. The molecule has 108 valence electrons. The van der Waals surface area contributed by atoms with E-state index in [2.05, 4.69) is 27.7 Å². The molecule has 0 N–H and O–H groups in total. The van der Waals surface area contributed by atoms with E-state index in [4.69, 9.17) is 9.15 Å². The van der Waals surface area contributed by atoms with Crippen LogP contribution in [0.4, 0.5) is 5.69 Å². The van der Waals surface area contributed by atoms with Crippen molar-refractivity contribution in [2.75, 3.05) is 7.11 Å². The third-order valence-corrected chi connectivity index (χ3v) is 4.17. The highest BCUT2D eigenvalue weighted by atomic mass is 127. The number of rotatable bonds is 3. The highest BCUT2D eigenvalue weighted by Gasteiger charge is 2.26. The molecule has 2 aromatic heterocycles. The Morgan fingerprint density at radius 2 is 2.24 bits per heavy atom. The molecule has 0 aliphatic heterocycles. The van der Waals surface area contributed by atoms with Crippen molar-refractivity contribution in [3.63, 3.8) is 0 Å². The average Bonchev–Trinajstić information content (AvgIpc) is 3.01. The zero-order valence-electron chi connectivity index (χ0n) is 11.2. The van der Waals surface area contributed by atoms with Crippen LogP contribution in [0.3, 0.4) is 0 Å². The molecule has 0 spiro atoms. The molecule has 2 heterocycles. The van der Waals surface area contributed by atoms with Gasteiger partial charge in [-0.25, -0.2) is 0 Å². The molecular formula is C13H10IN3O4. The molecule has 3 aromatic rings. The molecule has 0 bridgehead atoms. The Morgan fingerprint density at radius 3 is 2.81 bits per heavy atom. The van der Waals surface area contributed by atoms with Crippen LogP contribution in [0.25, 0.3) is 22.3 Å². The van der Waals surface area contributed by atoms with Gasteiger partial charge in [-0.1, -0.05) is 0 Å². The van der Waals surface area contributed by atoms with E-state index in [1.54, 1.807) is 36.3 Å². The van der Waals surface area contributed by atoms with Gasteiger partial charge in [0.2, 0.25) is 11.3 Å². The van der Waals surface area contributed by atoms with Crippen molar-refractivity contribution >= 4 is 39.2 Å². The van der Waals surface area contributed by atoms with Crippen LogP contribution in [0.1, 0.15) is 0 Å². The molecule has 0 aliphatic carbocycles. The molecule has 0 radical (unpaired) electrons. The van der Waals surface area contributed by atoms with Crippen molar-refractivity contribution in [1.82, 2.24) is 9.78 Å². The fraction of sp³-hybridized carbons (Fsp3) is 0.154. The highest BCUT2D eigenvalue weighted by molar-refractivity contribution is 14.1. The van der Waals surface area contributed by atoms with Crippen molar-refractivity contribution in [1.29, 1.82) is 0 Å². The van der Waals surface area contributed by atoms with Crippen LogP contribution < -0.4 is 4.74 Å².